The Bertz CT molecular complexity index is 949. The highest BCUT2D eigenvalue weighted by atomic mass is 16.7. The normalized spacial score (nSPS) is 20.5. The minimum atomic E-state index is 0.486. The predicted molar refractivity (Wildman–Crippen MR) is 176 cm³/mol. The number of hydrogen-bond donors (Lipinski definition) is 0. The monoisotopic (exact) mass is 573 g/mol. The minimum Gasteiger partial charge on any atom is -0.295 e. The van der Waals surface area contributed by atoms with Crippen molar-refractivity contribution in [3.05, 3.63) is 72.3 Å². The average Bonchev–Trinajstić information content (AvgIpc) is 3.64. The van der Waals surface area contributed by atoms with Crippen molar-refractivity contribution in [1.82, 2.24) is 15.0 Å². The predicted octanol–water partition coefficient (Wildman–Crippen LogP) is 10.2. The molecule has 4 rings (SSSR count). The molecule has 0 spiro atoms. The third-order valence-electron chi connectivity index (χ3n) is 9.55. The highest BCUT2D eigenvalue weighted by Gasteiger charge is 2.44. The Hall–Kier alpha value is -2.04. The van der Waals surface area contributed by atoms with E-state index in [1.807, 2.05) is 36.9 Å². The van der Waals surface area contributed by atoms with Crippen LogP contribution in [-0.4, -0.2) is 33.7 Å². The number of rotatable bonds is 23. The number of fused-ring (bicyclic) bond motifs is 1. The number of nitrogens with zero attached hydrogens (tertiary/aromatic N) is 3. The van der Waals surface area contributed by atoms with E-state index in [9.17, 15) is 0 Å². The molecular formula is C38H59N3O. The van der Waals surface area contributed by atoms with Crippen molar-refractivity contribution in [3.8, 4) is 0 Å². The van der Waals surface area contributed by atoms with E-state index in [2.05, 4.69) is 39.3 Å². The van der Waals surface area contributed by atoms with Gasteiger partial charge in [0.25, 0.3) is 0 Å². The minimum absolute atomic E-state index is 0.486. The zero-order chi connectivity index (χ0) is 28.9. The summed E-state index contributed by atoms with van der Waals surface area (Å²) in [5.41, 5.74) is 2.76. The zero-order valence-corrected chi connectivity index (χ0v) is 26.5. The largest absolute Gasteiger partial charge is 0.295 e. The number of allylic oxidation sites excluding steroid dienone is 2. The third-order valence-corrected chi connectivity index (χ3v) is 9.55. The maximum absolute atomic E-state index is 6.55. The molecule has 0 aromatic carbocycles. The standard InChI is InChI=1S/C38H59N3O/c1(3-5-7-11-15-22-34-24-20-29-39-32-34)2-4-6-10-14-18-31-41-37-27-19-26-36(37)38(42-41)28-17-13-9-8-12-16-23-35-25-21-30-40-33-35/h6,10,20-21,24-25,29-30,32-33,36-38H,1-5,7-9,11-19,22-23,26-28,31H2/t36-,37+,38-/m0/s1. The first-order valence-electron chi connectivity index (χ1n) is 17.8. The van der Waals surface area contributed by atoms with Crippen LogP contribution >= 0.6 is 0 Å². The fourth-order valence-corrected chi connectivity index (χ4v) is 7.13. The Balaban J connectivity index is 0.939. The molecule has 1 saturated heterocycles. The Kier molecular flexibility index (Phi) is 16.3. The third kappa shape index (κ3) is 12.7. The van der Waals surface area contributed by atoms with Crippen LogP contribution in [0.1, 0.15) is 140 Å². The summed E-state index contributed by atoms with van der Waals surface area (Å²) < 4.78 is 0. The fourth-order valence-electron chi connectivity index (χ4n) is 7.13. The lowest BCUT2D eigenvalue weighted by Crippen LogP contribution is -2.29. The van der Waals surface area contributed by atoms with E-state index in [4.69, 9.17) is 4.84 Å². The van der Waals surface area contributed by atoms with Crippen molar-refractivity contribution in [1.29, 1.82) is 0 Å². The molecule has 1 aliphatic heterocycles. The first kappa shape index (κ1) is 32.9. The van der Waals surface area contributed by atoms with Crippen molar-refractivity contribution in [2.75, 3.05) is 6.54 Å². The second-order valence-electron chi connectivity index (χ2n) is 13.0. The lowest BCUT2D eigenvalue weighted by Gasteiger charge is -2.21. The molecule has 4 nitrogen and oxygen atoms in total. The van der Waals surface area contributed by atoms with Gasteiger partial charge >= 0.3 is 0 Å². The Morgan fingerprint density at radius 2 is 1.24 bits per heavy atom. The first-order valence-corrected chi connectivity index (χ1v) is 17.8. The van der Waals surface area contributed by atoms with Gasteiger partial charge in [-0.25, -0.2) is 0 Å². The molecule has 0 amide bonds. The molecule has 0 radical (unpaired) electrons. The molecule has 1 aliphatic carbocycles. The maximum atomic E-state index is 6.55. The number of unbranched alkanes of at least 4 members (excludes halogenated alkanes) is 13. The lowest BCUT2D eigenvalue weighted by atomic mass is 9.93. The molecule has 4 heteroatoms. The van der Waals surface area contributed by atoms with Crippen LogP contribution in [0, 0.1) is 5.92 Å². The first-order chi connectivity index (χ1) is 20.9. The SMILES string of the molecule is C(=CCCCN1O[C@@H](CCCCCCCCc2cccnc2)[C@H]2CCC[C@H]21)CCCCCCCCCc1cccnc1. The molecule has 1 saturated carbocycles. The van der Waals surface area contributed by atoms with Gasteiger partial charge in [-0.2, -0.15) is 5.06 Å². The summed E-state index contributed by atoms with van der Waals surface area (Å²) in [5.74, 6) is 0.793. The van der Waals surface area contributed by atoms with Gasteiger partial charge < -0.3 is 0 Å². The fraction of sp³-hybridized carbons (Fsp3) is 0.684. The van der Waals surface area contributed by atoms with Gasteiger partial charge in [0.2, 0.25) is 0 Å². The van der Waals surface area contributed by atoms with E-state index in [0.717, 1.165) is 12.5 Å². The lowest BCUT2D eigenvalue weighted by molar-refractivity contribution is -0.166. The molecule has 2 fully saturated rings. The summed E-state index contributed by atoms with van der Waals surface area (Å²) in [6.45, 7) is 1.11. The summed E-state index contributed by atoms with van der Waals surface area (Å²) in [4.78, 5) is 15.0. The zero-order valence-electron chi connectivity index (χ0n) is 26.5. The molecule has 3 heterocycles. The van der Waals surface area contributed by atoms with Crippen LogP contribution in [0.15, 0.2) is 61.2 Å². The highest BCUT2D eigenvalue weighted by molar-refractivity contribution is 5.08. The average molecular weight is 574 g/mol. The molecule has 0 N–H and O–H groups in total. The number of aryl methyl sites for hydroxylation is 2. The van der Waals surface area contributed by atoms with Crippen LogP contribution in [0.5, 0.6) is 0 Å². The number of aromatic nitrogens is 2. The second kappa shape index (κ2) is 20.8. The molecule has 2 aromatic heterocycles. The quantitative estimate of drug-likeness (QED) is 0.0979. The topological polar surface area (TPSA) is 38.2 Å². The van der Waals surface area contributed by atoms with Gasteiger partial charge in [0.1, 0.15) is 0 Å². The van der Waals surface area contributed by atoms with Gasteiger partial charge in [-0.1, -0.05) is 94.9 Å². The summed E-state index contributed by atoms with van der Waals surface area (Å²) >= 11 is 0. The van der Waals surface area contributed by atoms with Crippen LogP contribution in [0.2, 0.25) is 0 Å². The van der Waals surface area contributed by atoms with Gasteiger partial charge in [0, 0.05) is 43.3 Å². The van der Waals surface area contributed by atoms with Crippen LogP contribution in [0.3, 0.4) is 0 Å². The molecule has 2 aromatic rings. The molecule has 42 heavy (non-hydrogen) atoms. The summed E-state index contributed by atoms with van der Waals surface area (Å²) in [6.07, 6.45) is 42.1. The molecule has 3 atom stereocenters. The van der Waals surface area contributed by atoms with Gasteiger partial charge in [0.15, 0.2) is 0 Å². The molecule has 0 bridgehead atoms. The smallest absolute Gasteiger partial charge is 0.0837 e. The molecular weight excluding hydrogens is 514 g/mol. The van der Waals surface area contributed by atoms with Crippen molar-refractivity contribution in [3.63, 3.8) is 0 Å². The van der Waals surface area contributed by atoms with E-state index in [1.165, 1.54) is 152 Å². The van der Waals surface area contributed by atoms with Crippen molar-refractivity contribution in [2.24, 2.45) is 5.92 Å². The number of hydrogen-bond acceptors (Lipinski definition) is 4. The van der Waals surface area contributed by atoms with Gasteiger partial charge in [-0.15, -0.1) is 0 Å². The van der Waals surface area contributed by atoms with Gasteiger partial charge in [0.05, 0.1) is 6.10 Å². The van der Waals surface area contributed by atoms with E-state index >= 15 is 0 Å². The van der Waals surface area contributed by atoms with E-state index in [1.54, 1.807) is 0 Å². The van der Waals surface area contributed by atoms with Crippen molar-refractivity contribution in [2.45, 2.75) is 153 Å². The Morgan fingerprint density at radius 1 is 0.667 bits per heavy atom. The van der Waals surface area contributed by atoms with Crippen LogP contribution in [0.25, 0.3) is 0 Å². The maximum Gasteiger partial charge on any atom is 0.0837 e. The van der Waals surface area contributed by atoms with Crippen LogP contribution in [-0.2, 0) is 17.7 Å². The molecule has 0 unspecified atom stereocenters. The van der Waals surface area contributed by atoms with Crippen molar-refractivity contribution >= 4 is 0 Å². The highest BCUT2D eigenvalue weighted by Crippen LogP contribution is 2.41. The Morgan fingerprint density at radius 3 is 1.86 bits per heavy atom. The van der Waals surface area contributed by atoms with Gasteiger partial charge in [-0.05, 0) is 93.9 Å². The van der Waals surface area contributed by atoms with E-state index in [0.29, 0.717) is 12.1 Å². The second-order valence-corrected chi connectivity index (χ2v) is 13.0. The summed E-state index contributed by atoms with van der Waals surface area (Å²) in [7, 11) is 0. The summed E-state index contributed by atoms with van der Waals surface area (Å²) in [5, 5.41) is 2.41. The van der Waals surface area contributed by atoms with Gasteiger partial charge in [-0.3, -0.25) is 14.8 Å². The Labute approximate surface area is 257 Å². The van der Waals surface area contributed by atoms with E-state index in [-0.39, 0.29) is 0 Å². The van der Waals surface area contributed by atoms with Crippen LogP contribution in [0.4, 0.5) is 0 Å². The van der Waals surface area contributed by atoms with E-state index < -0.39 is 0 Å². The summed E-state index contributed by atoms with van der Waals surface area (Å²) in [6, 6.07) is 9.18. The molecule has 232 valence electrons. The van der Waals surface area contributed by atoms with Crippen LogP contribution < -0.4 is 0 Å². The number of pyridine rings is 2. The molecule has 2 aliphatic rings. The van der Waals surface area contributed by atoms with Crippen molar-refractivity contribution < 1.29 is 4.84 Å². The number of hydroxylamine groups is 2.